The molecule has 0 bridgehead atoms. The first-order chi connectivity index (χ1) is 15.7. The number of aromatic nitrogens is 3. The normalized spacial score (nSPS) is 15.6. The summed E-state index contributed by atoms with van der Waals surface area (Å²) in [6.45, 7) is 0. The third-order valence-electron chi connectivity index (χ3n) is 5.82. The number of hydrogen-bond donors (Lipinski definition) is 1. The maximum Gasteiger partial charge on any atom is 0.244 e. The number of hydrogen-bond acceptors (Lipinski definition) is 4. The average Bonchev–Trinajstić information content (AvgIpc) is 3.26. The van der Waals surface area contributed by atoms with Crippen LogP contribution in [-0.4, -0.2) is 33.8 Å². The highest BCUT2D eigenvalue weighted by molar-refractivity contribution is 5.92. The molecule has 160 valence electrons. The van der Waals surface area contributed by atoms with Gasteiger partial charge < -0.3 is 10.1 Å². The third kappa shape index (κ3) is 4.12. The lowest BCUT2D eigenvalue weighted by molar-refractivity contribution is -0.117. The van der Waals surface area contributed by atoms with E-state index in [4.69, 9.17) is 9.84 Å². The minimum absolute atomic E-state index is 0.0677. The van der Waals surface area contributed by atoms with Crippen LogP contribution in [0, 0.1) is 0 Å². The van der Waals surface area contributed by atoms with E-state index in [1.165, 1.54) is 5.56 Å². The van der Waals surface area contributed by atoms with Gasteiger partial charge in [-0.15, -0.1) is 0 Å². The Morgan fingerprint density at radius 1 is 1.19 bits per heavy atom. The van der Waals surface area contributed by atoms with Crippen LogP contribution in [0.4, 0.5) is 0 Å². The Bertz CT molecular complexity index is 1290. The number of carbonyl (C=O) groups is 1. The molecule has 2 aromatic carbocycles. The number of nitrogens with zero attached hydrogens (tertiary/aromatic N) is 3. The highest BCUT2D eigenvalue weighted by atomic mass is 16.5. The number of carbonyl (C=O) groups excluding carboxylic acids is 1. The molecule has 1 amide bonds. The molecule has 6 heteroatoms. The first-order valence-corrected chi connectivity index (χ1v) is 10.7. The quantitative estimate of drug-likeness (QED) is 0.490. The van der Waals surface area contributed by atoms with Crippen LogP contribution in [0.3, 0.4) is 0 Å². The highest BCUT2D eigenvalue weighted by Gasteiger charge is 2.23. The Balaban J connectivity index is 1.33. The van der Waals surface area contributed by atoms with E-state index >= 15 is 0 Å². The summed E-state index contributed by atoms with van der Waals surface area (Å²) < 4.78 is 7.31. The molecule has 5 rings (SSSR count). The van der Waals surface area contributed by atoms with Crippen molar-refractivity contribution in [2.45, 2.75) is 25.3 Å². The van der Waals surface area contributed by atoms with Crippen molar-refractivity contribution in [2.24, 2.45) is 0 Å². The van der Waals surface area contributed by atoms with E-state index in [0.717, 1.165) is 52.9 Å². The van der Waals surface area contributed by atoms with Crippen molar-refractivity contribution < 1.29 is 9.53 Å². The van der Waals surface area contributed by atoms with Gasteiger partial charge in [-0.25, -0.2) is 4.68 Å². The van der Waals surface area contributed by atoms with Gasteiger partial charge in [0.2, 0.25) is 5.91 Å². The molecular weight excluding hydrogens is 400 g/mol. The number of amides is 1. The standard InChI is InChI=1S/C26H24N4O2/c1-32-21-9-11-24-22(16-21)25(13-14-27-24)30-17-19-15-20(8-10-23(19)29-30)28-26(31)12-7-18-5-3-2-4-6-18/h2-7,9,11-14,16-17,20H,8,10,15H2,1H3,(H,28,31). The maximum atomic E-state index is 12.4. The molecule has 0 aliphatic heterocycles. The van der Waals surface area contributed by atoms with Gasteiger partial charge in [0.25, 0.3) is 0 Å². The van der Waals surface area contributed by atoms with Gasteiger partial charge in [0.1, 0.15) is 5.75 Å². The molecule has 1 aliphatic rings. The second kappa shape index (κ2) is 8.67. The van der Waals surface area contributed by atoms with Crippen LogP contribution in [0.1, 0.15) is 23.2 Å². The lowest BCUT2D eigenvalue weighted by Crippen LogP contribution is -2.37. The zero-order valence-corrected chi connectivity index (χ0v) is 17.9. The number of ether oxygens (including phenoxy) is 1. The zero-order chi connectivity index (χ0) is 21.9. The fourth-order valence-electron chi connectivity index (χ4n) is 4.17. The van der Waals surface area contributed by atoms with Gasteiger partial charge in [0, 0.05) is 29.9 Å². The first kappa shape index (κ1) is 20.0. The molecule has 0 saturated carbocycles. The summed E-state index contributed by atoms with van der Waals surface area (Å²) in [5, 5.41) is 8.96. The van der Waals surface area contributed by atoms with Crippen LogP contribution in [0.15, 0.2) is 73.1 Å². The van der Waals surface area contributed by atoms with E-state index in [9.17, 15) is 4.79 Å². The molecule has 6 nitrogen and oxygen atoms in total. The molecule has 1 N–H and O–H groups in total. The van der Waals surface area contributed by atoms with Gasteiger partial charge in [-0.2, -0.15) is 5.10 Å². The SMILES string of the molecule is COc1ccc2nccc(-n3cc4c(n3)CCC(NC(=O)C=Cc3ccccc3)C4)c2c1. The lowest BCUT2D eigenvalue weighted by atomic mass is 9.93. The number of fused-ring (bicyclic) bond motifs is 2. The molecule has 1 unspecified atom stereocenters. The van der Waals surface area contributed by atoms with E-state index < -0.39 is 0 Å². The smallest absolute Gasteiger partial charge is 0.244 e. The summed E-state index contributed by atoms with van der Waals surface area (Å²) in [5.74, 6) is 0.719. The van der Waals surface area contributed by atoms with Gasteiger partial charge in [-0.1, -0.05) is 30.3 Å². The molecule has 1 aliphatic carbocycles. The topological polar surface area (TPSA) is 69.0 Å². The van der Waals surface area contributed by atoms with Crippen LogP contribution in [0.25, 0.3) is 22.7 Å². The summed E-state index contributed by atoms with van der Waals surface area (Å²) in [7, 11) is 1.66. The number of aryl methyl sites for hydroxylation is 1. The van der Waals surface area contributed by atoms with Crippen molar-refractivity contribution in [3.05, 3.63) is 89.9 Å². The summed E-state index contributed by atoms with van der Waals surface area (Å²) in [5.41, 5.74) is 5.13. The van der Waals surface area contributed by atoms with Crippen LogP contribution >= 0.6 is 0 Å². The van der Waals surface area contributed by atoms with Gasteiger partial charge >= 0.3 is 0 Å². The predicted octanol–water partition coefficient (Wildman–Crippen LogP) is 4.12. The fraction of sp³-hybridized carbons (Fsp3) is 0.192. The van der Waals surface area contributed by atoms with E-state index in [1.54, 1.807) is 19.4 Å². The number of benzene rings is 2. The van der Waals surface area contributed by atoms with Gasteiger partial charge in [0.15, 0.2) is 0 Å². The Hall–Kier alpha value is -3.93. The number of rotatable bonds is 5. The van der Waals surface area contributed by atoms with Crippen LogP contribution in [-0.2, 0) is 17.6 Å². The predicted molar refractivity (Wildman–Crippen MR) is 125 cm³/mol. The molecule has 2 heterocycles. The van der Waals surface area contributed by atoms with E-state index in [1.807, 2.05) is 65.4 Å². The minimum Gasteiger partial charge on any atom is -0.497 e. The summed E-state index contributed by atoms with van der Waals surface area (Å²) in [6.07, 6.45) is 9.79. The van der Waals surface area contributed by atoms with Crippen molar-refractivity contribution in [3.63, 3.8) is 0 Å². The van der Waals surface area contributed by atoms with Crippen LogP contribution in [0.5, 0.6) is 5.75 Å². The summed E-state index contributed by atoms with van der Waals surface area (Å²) >= 11 is 0. The second-order valence-electron chi connectivity index (χ2n) is 7.95. The summed E-state index contributed by atoms with van der Waals surface area (Å²) in [6, 6.07) is 17.7. The number of nitrogens with one attached hydrogen (secondary N) is 1. The van der Waals surface area contributed by atoms with Crippen molar-refractivity contribution in [3.8, 4) is 11.4 Å². The molecule has 0 spiro atoms. The molecule has 4 aromatic rings. The minimum atomic E-state index is -0.0677. The van der Waals surface area contributed by atoms with Crippen molar-refractivity contribution in [2.75, 3.05) is 7.11 Å². The Kier molecular flexibility index (Phi) is 5.42. The summed E-state index contributed by atoms with van der Waals surface area (Å²) in [4.78, 5) is 16.9. The van der Waals surface area contributed by atoms with Gasteiger partial charge in [-0.3, -0.25) is 9.78 Å². The molecule has 0 saturated heterocycles. The average molecular weight is 425 g/mol. The fourth-order valence-corrected chi connectivity index (χ4v) is 4.17. The van der Waals surface area contributed by atoms with Crippen molar-refractivity contribution >= 4 is 22.9 Å². The zero-order valence-electron chi connectivity index (χ0n) is 17.9. The molecule has 0 radical (unpaired) electrons. The number of pyridine rings is 1. The van der Waals surface area contributed by atoms with Gasteiger partial charge in [-0.05, 0) is 60.7 Å². The van der Waals surface area contributed by atoms with Crippen molar-refractivity contribution in [1.82, 2.24) is 20.1 Å². The Labute approximate surface area is 186 Å². The largest absolute Gasteiger partial charge is 0.497 e. The Morgan fingerprint density at radius 2 is 2.06 bits per heavy atom. The van der Waals surface area contributed by atoms with Crippen LogP contribution < -0.4 is 10.1 Å². The van der Waals surface area contributed by atoms with Crippen molar-refractivity contribution in [1.29, 1.82) is 0 Å². The molecule has 32 heavy (non-hydrogen) atoms. The molecule has 2 aromatic heterocycles. The molecule has 1 atom stereocenters. The van der Waals surface area contributed by atoms with Gasteiger partial charge in [0.05, 0.1) is 24.0 Å². The highest BCUT2D eigenvalue weighted by Crippen LogP contribution is 2.27. The second-order valence-corrected chi connectivity index (χ2v) is 7.95. The van der Waals surface area contributed by atoms with Crippen LogP contribution in [0.2, 0.25) is 0 Å². The van der Waals surface area contributed by atoms with E-state index in [-0.39, 0.29) is 11.9 Å². The monoisotopic (exact) mass is 424 g/mol. The van der Waals surface area contributed by atoms with E-state index in [2.05, 4.69) is 16.5 Å². The third-order valence-corrected chi connectivity index (χ3v) is 5.82. The first-order valence-electron chi connectivity index (χ1n) is 10.7. The Morgan fingerprint density at radius 3 is 2.91 bits per heavy atom. The maximum absolute atomic E-state index is 12.4. The molecular formula is C26H24N4O2. The van der Waals surface area contributed by atoms with E-state index in [0.29, 0.717) is 0 Å². The molecule has 0 fully saturated rings. The lowest BCUT2D eigenvalue weighted by Gasteiger charge is -2.21. The number of methoxy groups -OCH3 is 1.